The summed E-state index contributed by atoms with van der Waals surface area (Å²) < 4.78 is 5.78. The van der Waals surface area contributed by atoms with Crippen molar-refractivity contribution >= 4 is 5.78 Å². The summed E-state index contributed by atoms with van der Waals surface area (Å²) in [5, 5.41) is 11.2. The first-order valence-corrected chi connectivity index (χ1v) is 10.2. The molecule has 2 aliphatic rings. The van der Waals surface area contributed by atoms with E-state index in [1.807, 2.05) is 36.4 Å². The summed E-state index contributed by atoms with van der Waals surface area (Å²) >= 11 is 0. The number of ketones is 1. The maximum atomic E-state index is 13.0. The second-order valence-electron chi connectivity index (χ2n) is 8.00. The summed E-state index contributed by atoms with van der Waals surface area (Å²) in [6.45, 7) is 3.76. The highest BCUT2D eigenvalue weighted by Crippen LogP contribution is 2.49. The van der Waals surface area contributed by atoms with Gasteiger partial charge in [0.15, 0.2) is 5.78 Å². The van der Waals surface area contributed by atoms with Crippen molar-refractivity contribution in [1.82, 2.24) is 0 Å². The third-order valence-electron chi connectivity index (χ3n) is 6.05. The van der Waals surface area contributed by atoms with Crippen LogP contribution in [0, 0.1) is 5.92 Å². The highest BCUT2D eigenvalue weighted by molar-refractivity contribution is 6.00. The van der Waals surface area contributed by atoms with Crippen LogP contribution in [-0.2, 0) is 0 Å². The number of Topliss-reactive ketones (excluding diaryl/α,β-unsaturated/α-hetero) is 1. The number of carbonyl (C=O) groups excluding carboxylic acids is 1. The number of allylic oxidation sites excluding steroid dienone is 1. The maximum absolute atomic E-state index is 13.0. The van der Waals surface area contributed by atoms with Gasteiger partial charge in [-0.1, -0.05) is 36.4 Å². The molecule has 0 radical (unpaired) electrons. The summed E-state index contributed by atoms with van der Waals surface area (Å²) in [4.78, 5) is 25.9. The van der Waals surface area contributed by atoms with E-state index in [0.717, 1.165) is 44.1 Å². The number of rotatable bonds is 6. The molecule has 2 unspecified atom stereocenters. The van der Waals surface area contributed by atoms with Gasteiger partial charge in [0, 0.05) is 18.3 Å². The minimum Gasteiger partial charge on any atom is -0.506 e. The summed E-state index contributed by atoms with van der Waals surface area (Å²) in [6, 6.07) is 9.75. The maximum Gasteiger partial charge on any atom is 0.343 e. The molecule has 146 valence electrons. The van der Waals surface area contributed by atoms with Gasteiger partial charge in [-0.15, -0.1) is 6.58 Å². The Hall–Kier alpha value is -2.62. The van der Waals surface area contributed by atoms with Crippen LogP contribution in [0.3, 0.4) is 0 Å². The van der Waals surface area contributed by atoms with Crippen LogP contribution in [0.25, 0.3) is 0 Å². The van der Waals surface area contributed by atoms with E-state index in [9.17, 15) is 14.7 Å². The van der Waals surface area contributed by atoms with Crippen LogP contribution in [0.4, 0.5) is 0 Å². The summed E-state index contributed by atoms with van der Waals surface area (Å²) in [6.07, 6.45) is 7.26. The predicted molar refractivity (Wildman–Crippen MR) is 108 cm³/mol. The average molecular weight is 378 g/mol. The van der Waals surface area contributed by atoms with Gasteiger partial charge in [-0.25, -0.2) is 4.79 Å². The van der Waals surface area contributed by atoms with E-state index in [4.69, 9.17) is 4.42 Å². The van der Waals surface area contributed by atoms with Crippen LogP contribution in [0.5, 0.6) is 5.75 Å². The first-order chi connectivity index (χ1) is 13.6. The number of hydrogen-bond acceptors (Lipinski definition) is 4. The van der Waals surface area contributed by atoms with Crippen LogP contribution < -0.4 is 5.63 Å². The lowest BCUT2D eigenvalue weighted by Gasteiger charge is -2.21. The van der Waals surface area contributed by atoms with Crippen molar-refractivity contribution < 1.29 is 14.3 Å². The molecule has 2 aromatic rings. The Morgan fingerprint density at radius 1 is 1.18 bits per heavy atom. The average Bonchev–Trinajstić information content (AvgIpc) is 3.53. The van der Waals surface area contributed by atoms with Crippen molar-refractivity contribution in [3.05, 3.63) is 75.9 Å². The minimum absolute atomic E-state index is 0.0387. The second kappa shape index (κ2) is 7.78. The van der Waals surface area contributed by atoms with Gasteiger partial charge in [0.25, 0.3) is 0 Å². The molecule has 2 atom stereocenters. The normalized spacial score (nSPS) is 20.3. The van der Waals surface area contributed by atoms with Crippen molar-refractivity contribution in [2.75, 3.05) is 0 Å². The van der Waals surface area contributed by atoms with E-state index in [0.29, 0.717) is 18.1 Å². The molecule has 0 amide bonds. The van der Waals surface area contributed by atoms with E-state index in [-0.39, 0.29) is 34.5 Å². The first kappa shape index (κ1) is 18.7. The molecule has 0 bridgehead atoms. The van der Waals surface area contributed by atoms with Gasteiger partial charge >= 0.3 is 5.63 Å². The number of benzene rings is 1. The van der Waals surface area contributed by atoms with Crippen molar-refractivity contribution in [3.8, 4) is 5.75 Å². The van der Waals surface area contributed by atoms with Gasteiger partial charge in [0.05, 0.1) is 11.1 Å². The zero-order valence-electron chi connectivity index (χ0n) is 16.0. The Morgan fingerprint density at radius 2 is 1.93 bits per heavy atom. The Kier molecular flexibility index (Phi) is 5.21. The Balaban J connectivity index is 1.87. The van der Waals surface area contributed by atoms with Crippen molar-refractivity contribution in [2.45, 2.75) is 56.8 Å². The second-order valence-corrected chi connectivity index (χ2v) is 8.00. The summed E-state index contributed by atoms with van der Waals surface area (Å²) in [5.41, 5.74) is 0.972. The molecule has 1 fully saturated rings. The van der Waals surface area contributed by atoms with E-state index in [1.54, 1.807) is 0 Å². The molecule has 28 heavy (non-hydrogen) atoms. The Bertz CT molecular complexity index is 937. The highest BCUT2D eigenvalue weighted by Gasteiger charge is 2.40. The molecule has 4 rings (SSSR count). The van der Waals surface area contributed by atoms with Gasteiger partial charge in [0.1, 0.15) is 11.5 Å². The number of fused-ring (bicyclic) bond motifs is 1. The molecule has 2 aliphatic carbocycles. The van der Waals surface area contributed by atoms with Crippen LogP contribution >= 0.6 is 0 Å². The molecule has 1 N–H and O–H groups in total. The smallest absolute Gasteiger partial charge is 0.343 e. The topological polar surface area (TPSA) is 67.5 Å². The van der Waals surface area contributed by atoms with Crippen LogP contribution in [0.15, 0.2) is 52.2 Å². The Labute approximate surface area is 164 Å². The molecule has 0 saturated heterocycles. The standard InChI is InChI=1S/C24H26O4/c1-2-3-8-17-11-7-12-18(25)20-22(26)21(24(27)28-23(17)20)19(16-13-14-16)15-9-5-4-6-10-15/h2,4-6,9-10,16-17,19,26H,1,3,7-8,11-14H2. The molecular formula is C24H26O4. The summed E-state index contributed by atoms with van der Waals surface area (Å²) in [7, 11) is 0. The number of aromatic hydroxyl groups is 1. The lowest BCUT2D eigenvalue weighted by atomic mass is 9.85. The van der Waals surface area contributed by atoms with Gasteiger partial charge in [-0.05, 0) is 50.0 Å². The van der Waals surface area contributed by atoms with Crippen LogP contribution in [0.1, 0.15) is 84.0 Å². The van der Waals surface area contributed by atoms with E-state index in [1.165, 1.54) is 0 Å². The lowest BCUT2D eigenvalue weighted by molar-refractivity contribution is 0.0977. The van der Waals surface area contributed by atoms with Gasteiger partial charge in [-0.2, -0.15) is 0 Å². The molecule has 0 aliphatic heterocycles. The molecule has 1 aromatic heterocycles. The fraction of sp³-hybridized carbons (Fsp3) is 0.417. The highest BCUT2D eigenvalue weighted by atomic mass is 16.4. The fourth-order valence-corrected chi connectivity index (χ4v) is 4.51. The largest absolute Gasteiger partial charge is 0.506 e. The minimum atomic E-state index is -0.504. The van der Waals surface area contributed by atoms with Crippen molar-refractivity contribution in [3.63, 3.8) is 0 Å². The van der Waals surface area contributed by atoms with Gasteiger partial charge < -0.3 is 9.52 Å². The SMILES string of the molecule is C=CCCC1CCCC(=O)c2c1oc(=O)c(C(c1ccccc1)C1CC1)c2O. The molecule has 0 spiro atoms. The molecule has 1 saturated carbocycles. The van der Waals surface area contributed by atoms with E-state index < -0.39 is 5.63 Å². The van der Waals surface area contributed by atoms with E-state index >= 15 is 0 Å². The van der Waals surface area contributed by atoms with Crippen molar-refractivity contribution in [1.29, 1.82) is 0 Å². The quantitative estimate of drug-likeness (QED) is 0.547. The third-order valence-corrected chi connectivity index (χ3v) is 6.05. The van der Waals surface area contributed by atoms with Crippen molar-refractivity contribution in [2.24, 2.45) is 5.92 Å². The zero-order valence-corrected chi connectivity index (χ0v) is 16.0. The van der Waals surface area contributed by atoms with Crippen LogP contribution in [-0.4, -0.2) is 10.9 Å². The summed E-state index contributed by atoms with van der Waals surface area (Å²) in [5.74, 6) is 0.127. The first-order valence-electron chi connectivity index (χ1n) is 10.2. The van der Waals surface area contributed by atoms with Gasteiger partial charge in [-0.3, -0.25) is 4.79 Å². The third kappa shape index (κ3) is 3.44. The zero-order chi connectivity index (χ0) is 19.7. The molecule has 1 aromatic carbocycles. The monoisotopic (exact) mass is 378 g/mol. The Morgan fingerprint density at radius 3 is 2.61 bits per heavy atom. The molecule has 1 heterocycles. The molecule has 4 nitrogen and oxygen atoms in total. The fourth-order valence-electron chi connectivity index (χ4n) is 4.51. The molecule has 4 heteroatoms. The van der Waals surface area contributed by atoms with Gasteiger partial charge in [0.2, 0.25) is 0 Å². The lowest BCUT2D eigenvalue weighted by Crippen LogP contribution is -2.20. The molecular weight excluding hydrogens is 352 g/mol. The number of carbonyl (C=O) groups is 1. The van der Waals surface area contributed by atoms with E-state index in [2.05, 4.69) is 6.58 Å². The predicted octanol–water partition coefficient (Wildman–Crippen LogP) is 5.30. The number of hydrogen-bond donors (Lipinski definition) is 1. The van der Waals surface area contributed by atoms with Crippen LogP contribution in [0.2, 0.25) is 0 Å².